The number of rotatable bonds is 5. The summed E-state index contributed by atoms with van der Waals surface area (Å²) >= 11 is 0. The Hall–Kier alpha value is -1.56. The van der Waals surface area contributed by atoms with Crippen LogP contribution in [0.5, 0.6) is 5.75 Å². The fourth-order valence-electron chi connectivity index (χ4n) is 2.59. The third-order valence-corrected chi connectivity index (χ3v) is 4.92. The molecule has 116 valence electrons. The van der Waals surface area contributed by atoms with Gasteiger partial charge in [-0.1, -0.05) is 19.3 Å². The van der Waals surface area contributed by atoms with E-state index in [-0.39, 0.29) is 16.2 Å². The van der Waals surface area contributed by atoms with Crippen molar-refractivity contribution in [3.8, 4) is 5.75 Å². The first-order chi connectivity index (χ1) is 9.88. The van der Waals surface area contributed by atoms with Crippen LogP contribution in [-0.4, -0.2) is 32.4 Å². The van der Waals surface area contributed by atoms with Crippen molar-refractivity contribution in [2.45, 2.75) is 37.0 Å². The second-order valence-corrected chi connectivity index (χ2v) is 7.57. The van der Waals surface area contributed by atoms with Crippen molar-refractivity contribution in [3.63, 3.8) is 0 Å². The summed E-state index contributed by atoms with van der Waals surface area (Å²) in [6.45, 7) is 0.485. The molecule has 0 aromatic heterocycles. The molecular weight excluding hydrogens is 292 g/mol. The lowest BCUT2D eigenvalue weighted by Gasteiger charge is -2.22. The van der Waals surface area contributed by atoms with E-state index in [1.54, 1.807) is 0 Å². The van der Waals surface area contributed by atoms with Crippen molar-refractivity contribution in [1.82, 2.24) is 0 Å². The number of carbonyl (C=O) groups is 1. The van der Waals surface area contributed by atoms with Crippen LogP contribution in [-0.2, 0) is 9.84 Å². The van der Waals surface area contributed by atoms with E-state index in [4.69, 9.17) is 4.74 Å². The monoisotopic (exact) mass is 312 g/mol. The second kappa shape index (κ2) is 6.47. The molecule has 0 aliphatic heterocycles. The lowest BCUT2D eigenvalue weighted by Crippen LogP contribution is -2.16. The van der Waals surface area contributed by atoms with Gasteiger partial charge in [-0.25, -0.2) is 13.2 Å². The fourth-order valence-corrected chi connectivity index (χ4v) is 3.24. The number of carboxylic acid groups (broad SMARTS) is 1. The smallest absolute Gasteiger partial charge is 0.339 e. The van der Waals surface area contributed by atoms with Gasteiger partial charge in [0.2, 0.25) is 0 Å². The highest BCUT2D eigenvalue weighted by Gasteiger charge is 2.19. The molecule has 2 rings (SSSR count). The van der Waals surface area contributed by atoms with Gasteiger partial charge in [0.25, 0.3) is 0 Å². The van der Waals surface area contributed by atoms with Gasteiger partial charge in [-0.2, -0.15) is 0 Å². The maximum absolute atomic E-state index is 11.5. The molecule has 1 aliphatic rings. The molecule has 1 N–H and O–H groups in total. The molecule has 0 heterocycles. The van der Waals surface area contributed by atoms with E-state index in [0.29, 0.717) is 12.5 Å². The molecule has 1 aromatic carbocycles. The lowest BCUT2D eigenvalue weighted by molar-refractivity contribution is 0.0690. The highest BCUT2D eigenvalue weighted by atomic mass is 32.2. The summed E-state index contributed by atoms with van der Waals surface area (Å²) in [5, 5.41) is 9.22. The van der Waals surface area contributed by atoms with Gasteiger partial charge in [-0.05, 0) is 37.0 Å². The van der Waals surface area contributed by atoms with Crippen LogP contribution in [0.15, 0.2) is 23.1 Å². The largest absolute Gasteiger partial charge is 0.492 e. The minimum atomic E-state index is -3.43. The van der Waals surface area contributed by atoms with Gasteiger partial charge in [-0.15, -0.1) is 0 Å². The van der Waals surface area contributed by atoms with Crippen LogP contribution in [0.25, 0.3) is 0 Å². The molecule has 1 aliphatic carbocycles. The first kappa shape index (κ1) is 15.8. The molecule has 1 aromatic rings. The number of aromatic carboxylic acids is 1. The van der Waals surface area contributed by atoms with E-state index in [2.05, 4.69) is 0 Å². The normalized spacial score (nSPS) is 16.6. The van der Waals surface area contributed by atoms with Crippen LogP contribution in [0.3, 0.4) is 0 Å². The van der Waals surface area contributed by atoms with Gasteiger partial charge in [0.05, 0.1) is 11.5 Å². The molecule has 0 unspecified atom stereocenters. The first-order valence-electron chi connectivity index (χ1n) is 7.08. The highest BCUT2D eigenvalue weighted by molar-refractivity contribution is 7.90. The van der Waals surface area contributed by atoms with Gasteiger partial charge in [0, 0.05) is 6.26 Å². The summed E-state index contributed by atoms with van der Waals surface area (Å²) in [4.78, 5) is 11.3. The zero-order valence-corrected chi connectivity index (χ0v) is 12.9. The Morgan fingerprint density at radius 1 is 1.29 bits per heavy atom. The minimum absolute atomic E-state index is 0.00934. The molecule has 1 saturated carbocycles. The van der Waals surface area contributed by atoms with E-state index in [0.717, 1.165) is 25.2 Å². The van der Waals surface area contributed by atoms with Crippen LogP contribution in [0.4, 0.5) is 0 Å². The summed E-state index contributed by atoms with van der Waals surface area (Å²) in [5.74, 6) is -0.491. The van der Waals surface area contributed by atoms with Crippen LogP contribution in [0, 0.1) is 5.92 Å². The van der Waals surface area contributed by atoms with Crippen LogP contribution >= 0.6 is 0 Å². The molecule has 0 spiro atoms. The average molecular weight is 312 g/mol. The van der Waals surface area contributed by atoms with E-state index in [1.165, 1.54) is 31.4 Å². The van der Waals surface area contributed by atoms with Crippen molar-refractivity contribution in [2.24, 2.45) is 5.92 Å². The van der Waals surface area contributed by atoms with Gasteiger partial charge >= 0.3 is 5.97 Å². The fraction of sp³-hybridized carbons (Fsp3) is 0.533. The van der Waals surface area contributed by atoms with Crippen molar-refractivity contribution < 1.29 is 23.1 Å². The Kier molecular flexibility index (Phi) is 4.88. The van der Waals surface area contributed by atoms with Gasteiger partial charge in [0.15, 0.2) is 9.84 Å². The lowest BCUT2D eigenvalue weighted by atomic mass is 9.90. The van der Waals surface area contributed by atoms with Gasteiger partial charge in [0.1, 0.15) is 11.3 Å². The predicted molar refractivity (Wildman–Crippen MR) is 78.6 cm³/mol. The van der Waals surface area contributed by atoms with Crippen molar-refractivity contribution in [1.29, 1.82) is 0 Å². The molecule has 21 heavy (non-hydrogen) atoms. The summed E-state index contributed by atoms with van der Waals surface area (Å²) in [5.41, 5.74) is -0.103. The summed E-state index contributed by atoms with van der Waals surface area (Å²) in [6.07, 6.45) is 6.88. The third kappa shape index (κ3) is 4.20. The number of hydrogen-bond acceptors (Lipinski definition) is 4. The molecular formula is C15H20O5S. The van der Waals surface area contributed by atoms with Gasteiger partial charge < -0.3 is 9.84 Å². The Bertz CT molecular complexity index is 615. The van der Waals surface area contributed by atoms with Crippen molar-refractivity contribution in [2.75, 3.05) is 12.9 Å². The molecule has 0 radical (unpaired) electrons. The first-order valence-corrected chi connectivity index (χ1v) is 8.97. The standard InChI is InChI=1S/C15H20O5S/c1-21(18,19)12-7-8-14(13(9-12)15(16)17)20-10-11-5-3-2-4-6-11/h7-9,11H,2-6,10H2,1H3,(H,16,17). The Morgan fingerprint density at radius 3 is 2.52 bits per heavy atom. The summed E-state index contributed by atoms with van der Waals surface area (Å²) in [6, 6.07) is 3.98. The van der Waals surface area contributed by atoms with Crippen molar-refractivity contribution in [3.05, 3.63) is 23.8 Å². The third-order valence-electron chi connectivity index (χ3n) is 3.81. The molecule has 0 saturated heterocycles. The highest BCUT2D eigenvalue weighted by Crippen LogP contribution is 2.27. The second-order valence-electron chi connectivity index (χ2n) is 5.55. The summed E-state index contributed by atoms with van der Waals surface area (Å²) in [7, 11) is -3.43. The molecule has 0 atom stereocenters. The molecule has 0 amide bonds. The summed E-state index contributed by atoms with van der Waals surface area (Å²) < 4.78 is 28.6. The number of ether oxygens (including phenoxy) is 1. The predicted octanol–water partition coefficient (Wildman–Crippen LogP) is 2.75. The van der Waals surface area contributed by atoms with E-state index >= 15 is 0 Å². The van der Waals surface area contributed by atoms with Crippen LogP contribution in [0.2, 0.25) is 0 Å². The molecule has 1 fully saturated rings. The molecule has 5 nitrogen and oxygen atoms in total. The Labute approximate surface area is 124 Å². The minimum Gasteiger partial charge on any atom is -0.492 e. The van der Waals surface area contributed by atoms with Gasteiger partial charge in [-0.3, -0.25) is 0 Å². The zero-order chi connectivity index (χ0) is 15.5. The maximum atomic E-state index is 11.5. The molecule has 6 heteroatoms. The van der Waals surface area contributed by atoms with Crippen LogP contribution < -0.4 is 4.74 Å². The SMILES string of the molecule is CS(=O)(=O)c1ccc(OCC2CCCCC2)c(C(=O)O)c1. The zero-order valence-electron chi connectivity index (χ0n) is 12.0. The number of carboxylic acids is 1. The van der Waals surface area contributed by atoms with Crippen LogP contribution in [0.1, 0.15) is 42.5 Å². The average Bonchev–Trinajstić information content (AvgIpc) is 2.45. The maximum Gasteiger partial charge on any atom is 0.339 e. The number of benzene rings is 1. The number of hydrogen-bond donors (Lipinski definition) is 1. The molecule has 0 bridgehead atoms. The topological polar surface area (TPSA) is 80.7 Å². The van der Waals surface area contributed by atoms with E-state index < -0.39 is 15.8 Å². The van der Waals surface area contributed by atoms with E-state index in [1.807, 2.05) is 0 Å². The van der Waals surface area contributed by atoms with E-state index in [9.17, 15) is 18.3 Å². The van der Waals surface area contributed by atoms with Crippen molar-refractivity contribution >= 4 is 15.8 Å². The number of sulfone groups is 1. The quantitative estimate of drug-likeness (QED) is 0.904. The Morgan fingerprint density at radius 2 is 1.95 bits per heavy atom. The Balaban J connectivity index is 2.16.